The van der Waals surface area contributed by atoms with Crippen molar-refractivity contribution in [2.75, 3.05) is 6.79 Å². The first-order chi connectivity index (χ1) is 10.3. The fraction of sp³-hybridized carbons (Fsp3) is 0.143. The first-order valence-corrected chi connectivity index (χ1v) is 8.86. The molecule has 4 rings (SSSR count). The molecule has 106 valence electrons. The van der Waals surface area contributed by atoms with Crippen LogP contribution in [-0.4, -0.2) is 16.8 Å². The summed E-state index contributed by atoms with van der Waals surface area (Å²) in [5.41, 5.74) is 1.16. The van der Waals surface area contributed by atoms with Gasteiger partial charge in [0.1, 0.15) is 16.2 Å². The van der Waals surface area contributed by atoms with Gasteiger partial charge in [0.25, 0.3) is 0 Å². The fourth-order valence-electron chi connectivity index (χ4n) is 2.10. The monoisotopic (exact) mass is 380 g/mol. The maximum Gasteiger partial charge on any atom is 0.231 e. The van der Waals surface area contributed by atoms with Gasteiger partial charge in [-0.2, -0.15) is 0 Å². The van der Waals surface area contributed by atoms with Gasteiger partial charge in [0.15, 0.2) is 11.5 Å². The standard InChI is InChI=1S/C14H9BrN2O2S2/c15-10-4-12-11(18-7-19-12)3-8(10)5-21-14-9-1-2-20-13(9)16-6-17-14/h1-4,6H,5,7H2. The van der Waals surface area contributed by atoms with Gasteiger partial charge in [0, 0.05) is 15.6 Å². The van der Waals surface area contributed by atoms with Crippen LogP contribution < -0.4 is 9.47 Å². The normalized spacial score (nSPS) is 13.0. The van der Waals surface area contributed by atoms with E-state index in [0.717, 1.165) is 42.5 Å². The Morgan fingerprint density at radius 3 is 3.00 bits per heavy atom. The highest BCUT2D eigenvalue weighted by Gasteiger charge is 2.16. The summed E-state index contributed by atoms with van der Waals surface area (Å²) in [5.74, 6) is 2.40. The van der Waals surface area contributed by atoms with E-state index in [1.165, 1.54) is 0 Å². The van der Waals surface area contributed by atoms with Crippen LogP contribution in [0.5, 0.6) is 11.5 Å². The van der Waals surface area contributed by atoms with E-state index in [2.05, 4.69) is 32.0 Å². The quantitative estimate of drug-likeness (QED) is 0.495. The van der Waals surface area contributed by atoms with Crippen LogP contribution in [0.3, 0.4) is 0 Å². The lowest BCUT2D eigenvalue weighted by atomic mass is 10.2. The number of nitrogens with zero attached hydrogens (tertiary/aromatic N) is 2. The van der Waals surface area contributed by atoms with Crippen LogP contribution in [0, 0.1) is 0 Å². The predicted octanol–water partition coefficient (Wildman–Crippen LogP) is 4.47. The van der Waals surface area contributed by atoms with E-state index in [-0.39, 0.29) is 0 Å². The van der Waals surface area contributed by atoms with Gasteiger partial charge in [0.05, 0.1) is 0 Å². The lowest BCUT2D eigenvalue weighted by Crippen LogP contribution is -1.92. The van der Waals surface area contributed by atoms with Crippen molar-refractivity contribution in [3.8, 4) is 11.5 Å². The maximum atomic E-state index is 5.43. The van der Waals surface area contributed by atoms with E-state index in [1.807, 2.05) is 17.5 Å². The van der Waals surface area contributed by atoms with E-state index in [4.69, 9.17) is 9.47 Å². The number of thioether (sulfide) groups is 1. The Balaban J connectivity index is 1.61. The molecular formula is C14H9BrN2O2S2. The third kappa shape index (κ3) is 2.49. The van der Waals surface area contributed by atoms with Gasteiger partial charge in [-0.05, 0) is 29.1 Å². The second-order valence-electron chi connectivity index (χ2n) is 4.40. The first kappa shape index (κ1) is 13.4. The number of benzene rings is 1. The van der Waals surface area contributed by atoms with Crippen molar-refractivity contribution < 1.29 is 9.47 Å². The molecule has 0 N–H and O–H groups in total. The molecule has 1 aliphatic rings. The molecular weight excluding hydrogens is 372 g/mol. The van der Waals surface area contributed by atoms with E-state index in [1.54, 1.807) is 29.4 Å². The van der Waals surface area contributed by atoms with Crippen LogP contribution in [0.2, 0.25) is 0 Å². The van der Waals surface area contributed by atoms with E-state index in [9.17, 15) is 0 Å². The lowest BCUT2D eigenvalue weighted by Gasteiger charge is -2.06. The highest BCUT2D eigenvalue weighted by molar-refractivity contribution is 9.10. The van der Waals surface area contributed by atoms with Gasteiger partial charge in [-0.15, -0.1) is 23.1 Å². The Bertz CT molecular complexity index is 822. The van der Waals surface area contributed by atoms with Gasteiger partial charge < -0.3 is 9.47 Å². The van der Waals surface area contributed by atoms with E-state index >= 15 is 0 Å². The highest BCUT2D eigenvalue weighted by Crippen LogP contribution is 2.39. The van der Waals surface area contributed by atoms with Crippen molar-refractivity contribution in [3.05, 3.63) is 39.9 Å². The average Bonchev–Trinajstić information content (AvgIpc) is 3.12. The first-order valence-electron chi connectivity index (χ1n) is 6.20. The number of rotatable bonds is 3. The van der Waals surface area contributed by atoms with Crippen LogP contribution in [-0.2, 0) is 5.75 Å². The second-order valence-corrected chi connectivity index (χ2v) is 7.12. The summed E-state index contributed by atoms with van der Waals surface area (Å²) in [7, 11) is 0. The minimum absolute atomic E-state index is 0.291. The van der Waals surface area contributed by atoms with Crippen LogP contribution in [0.25, 0.3) is 10.2 Å². The summed E-state index contributed by atoms with van der Waals surface area (Å²) in [4.78, 5) is 9.68. The fourth-order valence-corrected chi connectivity index (χ4v) is 4.52. The molecule has 2 aromatic heterocycles. The molecule has 3 aromatic rings. The molecule has 21 heavy (non-hydrogen) atoms. The number of hydrogen-bond acceptors (Lipinski definition) is 6. The molecule has 3 heterocycles. The molecule has 0 saturated heterocycles. The smallest absolute Gasteiger partial charge is 0.231 e. The molecule has 0 amide bonds. The third-order valence-electron chi connectivity index (χ3n) is 3.13. The van der Waals surface area contributed by atoms with Crippen LogP contribution in [0.1, 0.15) is 5.56 Å². The van der Waals surface area contributed by atoms with Gasteiger partial charge in [0.2, 0.25) is 6.79 Å². The summed E-state index contributed by atoms with van der Waals surface area (Å²) >= 11 is 6.91. The van der Waals surface area contributed by atoms with E-state index in [0.29, 0.717) is 6.79 Å². The molecule has 0 fully saturated rings. The van der Waals surface area contributed by atoms with Crippen molar-refractivity contribution in [1.82, 2.24) is 9.97 Å². The topological polar surface area (TPSA) is 44.2 Å². The molecule has 4 nitrogen and oxygen atoms in total. The van der Waals surface area contributed by atoms with Crippen LogP contribution in [0.15, 0.2) is 39.4 Å². The maximum absolute atomic E-state index is 5.43. The predicted molar refractivity (Wildman–Crippen MR) is 87.2 cm³/mol. The van der Waals surface area contributed by atoms with Crippen molar-refractivity contribution in [2.24, 2.45) is 0 Å². The summed E-state index contributed by atoms with van der Waals surface area (Å²) in [6.45, 7) is 0.291. The molecule has 0 atom stereocenters. The zero-order valence-electron chi connectivity index (χ0n) is 10.7. The Labute approximate surface area is 137 Å². The minimum atomic E-state index is 0.291. The molecule has 0 aliphatic carbocycles. The summed E-state index contributed by atoms with van der Waals surface area (Å²) in [5, 5.41) is 4.16. The third-order valence-corrected chi connectivity index (χ3v) is 5.74. The molecule has 0 unspecified atom stereocenters. The van der Waals surface area contributed by atoms with E-state index < -0.39 is 0 Å². The van der Waals surface area contributed by atoms with Crippen molar-refractivity contribution in [3.63, 3.8) is 0 Å². The summed E-state index contributed by atoms with van der Waals surface area (Å²) < 4.78 is 11.8. The molecule has 0 radical (unpaired) electrons. The van der Waals surface area contributed by atoms with Crippen molar-refractivity contribution in [2.45, 2.75) is 10.8 Å². The zero-order valence-corrected chi connectivity index (χ0v) is 13.9. The Kier molecular flexibility index (Phi) is 3.48. The SMILES string of the molecule is Brc1cc2c(cc1CSc1ncnc3sccc13)OCO2. The van der Waals surface area contributed by atoms with Crippen molar-refractivity contribution in [1.29, 1.82) is 0 Å². The number of aromatic nitrogens is 2. The van der Waals surface area contributed by atoms with Crippen molar-refractivity contribution >= 4 is 49.2 Å². The Morgan fingerprint density at radius 2 is 2.10 bits per heavy atom. The van der Waals surface area contributed by atoms with Crippen LogP contribution >= 0.6 is 39.0 Å². The number of ether oxygens (including phenoxy) is 2. The second kappa shape index (κ2) is 5.47. The molecule has 0 bridgehead atoms. The molecule has 0 saturated carbocycles. The molecule has 1 aliphatic heterocycles. The molecule has 1 aromatic carbocycles. The Hall–Kier alpha value is -1.31. The minimum Gasteiger partial charge on any atom is -0.454 e. The van der Waals surface area contributed by atoms with Gasteiger partial charge >= 0.3 is 0 Å². The number of thiophene rings is 1. The van der Waals surface area contributed by atoms with Gasteiger partial charge in [-0.25, -0.2) is 9.97 Å². The number of fused-ring (bicyclic) bond motifs is 2. The summed E-state index contributed by atoms with van der Waals surface area (Å²) in [6.07, 6.45) is 1.62. The lowest BCUT2D eigenvalue weighted by molar-refractivity contribution is 0.174. The average molecular weight is 381 g/mol. The summed E-state index contributed by atoms with van der Waals surface area (Å²) in [6, 6.07) is 6.04. The number of hydrogen-bond donors (Lipinski definition) is 0. The van der Waals surface area contributed by atoms with Crippen LogP contribution in [0.4, 0.5) is 0 Å². The largest absolute Gasteiger partial charge is 0.454 e. The Morgan fingerprint density at radius 1 is 1.24 bits per heavy atom. The van der Waals surface area contributed by atoms with Gasteiger partial charge in [-0.3, -0.25) is 0 Å². The zero-order chi connectivity index (χ0) is 14.2. The highest BCUT2D eigenvalue weighted by atomic mass is 79.9. The van der Waals surface area contributed by atoms with Gasteiger partial charge in [-0.1, -0.05) is 15.9 Å². The molecule has 7 heteroatoms. The molecule has 0 spiro atoms. The number of halogens is 1.